The molecule has 4 aromatic carbocycles. The van der Waals surface area contributed by atoms with Crippen molar-refractivity contribution >= 4 is 27.8 Å². The second kappa shape index (κ2) is 14.8. The van der Waals surface area contributed by atoms with E-state index in [-0.39, 0.29) is 11.5 Å². The van der Waals surface area contributed by atoms with Gasteiger partial charge in [0, 0.05) is 18.4 Å². The number of carbonyl (C=O) groups is 1. The summed E-state index contributed by atoms with van der Waals surface area (Å²) >= 11 is 1.42. The van der Waals surface area contributed by atoms with E-state index in [0.717, 1.165) is 40.5 Å². The Labute approximate surface area is 251 Å². The molecule has 0 heterocycles. The molecule has 0 spiro atoms. The molecule has 7 nitrogen and oxygen atoms in total. The van der Waals surface area contributed by atoms with Gasteiger partial charge in [-0.3, -0.25) is 4.79 Å². The van der Waals surface area contributed by atoms with E-state index >= 15 is 0 Å². The minimum Gasteiger partial charge on any atom is -0.508 e. The van der Waals surface area contributed by atoms with Crippen molar-refractivity contribution in [3.63, 3.8) is 0 Å². The molecule has 1 atom stereocenters. The second-order valence-corrected chi connectivity index (χ2v) is 12.8. The smallest absolute Gasteiger partial charge is 0.316 e. The zero-order valence-electron chi connectivity index (χ0n) is 23.3. The van der Waals surface area contributed by atoms with E-state index in [0.29, 0.717) is 37.4 Å². The summed E-state index contributed by atoms with van der Waals surface area (Å²) in [5.41, 5.74) is 4.96. The molecular weight excluding hydrogens is 572 g/mol. The van der Waals surface area contributed by atoms with Crippen LogP contribution >= 0.6 is 11.8 Å². The fourth-order valence-electron chi connectivity index (χ4n) is 4.41. The summed E-state index contributed by atoms with van der Waals surface area (Å²) in [5.74, 6) is 0.954. The molecular formula is C33H34O7S2. The third-order valence-electron chi connectivity index (χ3n) is 6.53. The Kier molecular flexibility index (Phi) is 10.9. The average molecular weight is 607 g/mol. The van der Waals surface area contributed by atoms with E-state index in [4.69, 9.17) is 8.92 Å². The van der Waals surface area contributed by atoms with Gasteiger partial charge in [0.2, 0.25) is 0 Å². The molecule has 2 N–H and O–H groups in total. The zero-order valence-corrected chi connectivity index (χ0v) is 24.9. The summed E-state index contributed by atoms with van der Waals surface area (Å²) in [6.45, 7) is 0.415. The molecule has 4 aromatic rings. The molecule has 4 rings (SSSR count). The first-order valence-corrected chi connectivity index (χ1v) is 16.4. The maximum atomic E-state index is 11.9. The van der Waals surface area contributed by atoms with Crippen LogP contribution in [0.2, 0.25) is 0 Å². The number of rotatable bonds is 15. The lowest BCUT2D eigenvalue weighted by Gasteiger charge is -2.14. The Morgan fingerprint density at radius 3 is 2.14 bits per heavy atom. The van der Waals surface area contributed by atoms with Crippen LogP contribution in [-0.4, -0.2) is 48.5 Å². The molecule has 0 fully saturated rings. The number of carboxylic acids is 1. The number of carboxylic acid groups (broad SMARTS) is 1. The van der Waals surface area contributed by atoms with Gasteiger partial charge in [-0.25, -0.2) is 0 Å². The van der Waals surface area contributed by atoms with Crippen molar-refractivity contribution in [2.24, 2.45) is 0 Å². The van der Waals surface area contributed by atoms with Gasteiger partial charge >= 0.3 is 16.1 Å². The molecule has 220 valence electrons. The van der Waals surface area contributed by atoms with E-state index < -0.39 is 21.3 Å². The molecule has 0 saturated carbocycles. The Balaban J connectivity index is 1.32. The molecule has 0 aliphatic heterocycles. The van der Waals surface area contributed by atoms with Crippen LogP contribution in [0.4, 0.5) is 0 Å². The Hall–Kier alpha value is -3.95. The normalized spacial score (nSPS) is 12.0. The highest BCUT2D eigenvalue weighted by Gasteiger charge is 2.18. The summed E-state index contributed by atoms with van der Waals surface area (Å²) in [6, 6.07) is 29.7. The molecule has 1 unspecified atom stereocenters. The number of hydrogen-bond acceptors (Lipinski definition) is 7. The number of aliphatic carboxylic acids is 1. The van der Waals surface area contributed by atoms with Crippen LogP contribution in [0.25, 0.3) is 0 Å². The summed E-state index contributed by atoms with van der Waals surface area (Å²) < 4.78 is 34.4. The third-order valence-corrected chi connectivity index (χ3v) is 8.24. The number of benzene rings is 4. The lowest BCUT2D eigenvalue weighted by molar-refractivity contribution is -0.136. The molecule has 0 radical (unpaired) electrons. The van der Waals surface area contributed by atoms with Gasteiger partial charge in [-0.05, 0) is 71.2 Å². The number of aromatic hydroxyl groups is 1. The highest BCUT2D eigenvalue weighted by atomic mass is 32.2. The largest absolute Gasteiger partial charge is 0.508 e. The molecule has 0 aromatic heterocycles. The predicted octanol–water partition coefficient (Wildman–Crippen LogP) is 5.91. The van der Waals surface area contributed by atoms with Crippen LogP contribution in [0.5, 0.6) is 17.2 Å². The quantitative estimate of drug-likeness (QED) is 0.161. The van der Waals surface area contributed by atoms with E-state index in [1.807, 2.05) is 66.7 Å². The Morgan fingerprint density at radius 1 is 0.833 bits per heavy atom. The highest BCUT2D eigenvalue weighted by Crippen LogP contribution is 2.28. The highest BCUT2D eigenvalue weighted by molar-refractivity contribution is 8.00. The maximum Gasteiger partial charge on any atom is 0.316 e. The van der Waals surface area contributed by atoms with Gasteiger partial charge in [0.1, 0.15) is 22.5 Å². The lowest BCUT2D eigenvalue weighted by Crippen LogP contribution is -2.20. The van der Waals surface area contributed by atoms with E-state index in [2.05, 4.69) is 0 Å². The summed E-state index contributed by atoms with van der Waals surface area (Å²) in [5, 5.41) is 18.6. The number of hydrogen-bond donors (Lipinski definition) is 2. The lowest BCUT2D eigenvalue weighted by atomic mass is 10.0. The molecule has 0 bridgehead atoms. The van der Waals surface area contributed by atoms with Crippen molar-refractivity contribution < 1.29 is 32.3 Å². The summed E-state index contributed by atoms with van der Waals surface area (Å²) in [4.78, 5) is 11.9. The minimum atomic E-state index is -3.65. The third kappa shape index (κ3) is 10.2. The van der Waals surface area contributed by atoms with Gasteiger partial charge in [0.25, 0.3) is 0 Å². The standard InChI is InChI=1S/C33H34O7S2/c1-42(37,38)40-30-15-16-31(28(23-30)21-26-5-3-2-4-6-26)39-19-17-24-7-9-27(10-8-24)22-32(33(35)36)41-20-18-25-11-13-29(34)14-12-25/h2-16,23,32,34H,17-22H2,1H3,(H,35,36). The van der Waals surface area contributed by atoms with Gasteiger partial charge < -0.3 is 19.1 Å². The fraction of sp³-hybridized carbons (Fsp3) is 0.242. The Morgan fingerprint density at radius 2 is 1.48 bits per heavy atom. The van der Waals surface area contributed by atoms with Crippen molar-refractivity contribution in [2.75, 3.05) is 18.6 Å². The maximum absolute atomic E-state index is 11.9. The van der Waals surface area contributed by atoms with Gasteiger partial charge in [-0.15, -0.1) is 11.8 Å². The number of phenolic OH excluding ortho intramolecular Hbond substituents is 1. The number of thioether (sulfide) groups is 1. The Bertz CT molecular complexity index is 1550. The molecule has 0 aliphatic rings. The van der Waals surface area contributed by atoms with Gasteiger partial charge in [-0.2, -0.15) is 8.42 Å². The second-order valence-electron chi connectivity index (χ2n) is 9.95. The molecule has 0 saturated heterocycles. The van der Waals surface area contributed by atoms with Crippen molar-refractivity contribution in [1.29, 1.82) is 0 Å². The van der Waals surface area contributed by atoms with Crippen LogP contribution < -0.4 is 8.92 Å². The van der Waals surface area contributed by atoms with Crippen molar-refractivity contribution in [3.8, 4) is 17.2 Å². The topological polar surface area (TPSA) is 110 Å². The van der Waals surface area contributed by atoms with Crippen molar-refractivity contribution in [1.82, 2.24) is 0 Å². The monoisotopic (exact) mass is 606 g/mol. The molecule has 0 aliphatic carbocycles. The van der Waals surface area contributed by atoms with E-state index in [1.165, 1.54) is 11.8 Å². The minimum absolute atomic E-state index is 0.216. The molecule has 42 heavy (non-hydrogen) atoms. The molecule has 9 heteroatoms. The van der Waals surface area contributed by atoms with E-state index in [9.17, 15) is 23.4 Å². The summed E-state index contributed by atoms with van der Waals surface area (Å²) in [7, 11) is -3.65. The molecule has 0 amide bonds. The SMILES string of the molecule is CS(=O)(=O)Oc1ccc(OCCc2ccc(CC(SCCc3ccc(O)cc3)C(=O)O)cc2)c(Cc2ccccc2)c1. The first-order valence-electron chi connectivity index (χ1n) is 13.5. The van der Waals surface area contributed by atoms with Crippen LogP contribution in [0, 0.1) is 0 Å². The zero-order chi connectivity index (χ0) is 30.0. The van der Waals surface area contributed by atoms with Crippen molar-refractivity contribution in [2.45, 2.75) is 30.9 Å². The van der Waals surface area contributed by atoms with Crippen molar-refractivity contribution in [3.05, 3.63) is 125 Å². The number of ether oxygens (including phenoxy) is 1. The first kappa shape index (κ1) is 31.0. The fourth-order valence-corrected chi connectivity index (χ4v) is 5.96. The van der Waals surface area contributed by atoms with Gasteiger partial charge in [0.05, 0.1) is 12.9 Å². The van der Waals surface area contributed by atoms with Crippen LogP contribution in [0.1, 0.15) is 27.8 Å². The van der Waals surface area contributed by atoms with Crippen LogP contribution in [-0.2, 0) is 40.6 Å². The van der Waals surface area contributed by atoms with Gasteiger partial charge in [-0.1, -0.05) is 66.7 Å². The number of aryl methyl sites for hydroxylation is 1. The number of phenols is 1. The summed E-state index contributed by atoms with van der Waals surface area (Å²) in [6.07, 6.45) is 3.38. The predicted molar refractivity (Wildman–Crippen MR) is 166 cm³/mol. The van der Waals surface area contributed by atoms with Gasteiger partial charge in [0.15, 0.2) is 0 Å². The van der Waals surface area contributed by atoms with Crippen LogP contribution in [0.3, 0.4) is 0 Å². The van der Waals surface area contributed by atoms with E-state index in [1.54, 1.807) is 30.3 Å². The van der Waals surface area contributed by atoms with Crippen LogP contribution in [0.15, 0.2) is 97.1 Å². The first-order chi connectivity index (χ1) is 20.1. The average Bonchev–Trinajstić information content (AvgIpc) is 2.95.